The van der Waals surface area contributed by atoms with Gasteiger partial charge in [0.25, 0.3) is 11.8 Å². The van der Waals surface area contributed by atoms with E-state index < -0.39 is 0 Å². The highest BCUT2D eigenvalue weighted by Gasteiger charge is 2.15. The van der Waals surface area contributed by atoms with Crippen LogP contribution < -0.4 is 15.4 Å². The molecule has 166 valence electrons. The van der Waals surface area contributed by atoms with Gasteiger partial charge < -0.3 is 20.3 Å². The highest BCUT2D eigenvalue weighted by molar-refractivity contribution is 7.10. The van der Waals surface area contributed by atoms with Crippen LogP contribution >= 0.6 is 11.3 Å². The number of methoxy groups -OCH3 is 1. The summed E-state index contributed by atoms with van der Waals surface area (Å²) in [5, 5.41) is 7.67. The van der Waals surface area contributed by atoms with Crippen LogP contribution in [0.15, 0.2) is 47.5 Å². The Morgan fingerprint density at radius 2 is 1.84 bits per heavy atom. The topological polar surface area (TPSA) is 70.7 Å². The van der Waals surface area contributed by atoms with Crippen molar-refractivity contribution in [2.24, 2.45) is 0 Å². The Balaban J connectivity index is 1.57. The van der Waals surface area contributed by atoms with Crippen molar-refractivity contribution in [3.63, 3.8) is 0 Å². The fraction of sp³-hybridized carbons (Fsp3) is 0.417. The first-order valence-corrected chi connectivity index (χ1v) is 11.7. The van der Waals surface area contributed by atoms with Gasteiger partial charge in [-0.3, -0.25) is 9.59 Å². The molecule has 1 saturated heterocycles. The maximum atomic E-state index is 12.8. The molecule has 2 N–H and O–H groups in total. The highest BCUT2D eigenvalue weighted by atomic mass is 32.1. The lowest BCUT2D eigenvalue weighted by molar-refractivity contribution is -0.117. The van der Waals surface area contributed by atoms with E-state index in [2.05, 4.69) is 15.5 Å². The number of thiophene rings is 1. The Bertz CT molecular complexity index is 855. The number of benzene rings is 1. The minimum atomic E-state index is -0.329. The number of carbonyl (C=O) groups excluding carboxylic acids is 2. The number of rotatable bonds is 9. The second kappa shape index (κ2) is 12.3. The molecule has 1 aromatic heterocycles. The smallest absolute Gasteiger partial charge is 0.267 e. The standard InChI is InChI=1S/C24H31N3O3S/c1-30-20-11-9-19(10-12-20)23(28)26-22(18-21-8-6-17-31-21)24(29)25-13-7-16-27-14-4-2-3-5-15-27/h6,8-12,17-18H,2-5,7,13-16H2,1H3,(H,25,29)(H,26,28)/b22-18-. The Morgan fingerprint density at radius 1 is 1.10 bits per heavy atom. The Hall–Kier alpha value is -2.64. The largest absolute Gasteiger partial charge is 0.497 e. The van der Waals surface area contributed by atoms with E-state index in [0.717, 1.165) is 30.9 Å². The molecule has 0 saturated carbocycles. The van der Waals surface area contributed by atoms with Crippen LogP contribution in [0.4, 0.5) is 0 Å². The summed E-state index contributed by atoms with van der Waals surface area (Å²) in [4.78, 5) is 28.9. The summed E-state index contributed by atoms with van der Waals surface area (Å²) >= 11 is 1.51. The zero-order valence-electron chi connectivity index (χ0n) is 18.1. The SMILES string of the molecule is COc1ccc(C(=O)N/C(=C\c2cccs2)C(=O)NCCCN2CCCCCC2)cc1. The maximum absolute atomic E-state index is 12.8. The van der Waals surface area contributed by atoms with Crippen LogP contribution in [0.2, 0.25) is 0 Å². The van der Waals surface area contributed by atoms with Crippen molar-refractivity contribution >= 4 is 29.2 Å². The molecule has 0 radical (unpaired) electrons. The average Bonchev–Trinajstić information content (AvgIpc) is 3.17. The molecule has 7 heteroatoms. The van der Waals surface area contributed by atoms with E-state index in [4.69, 9.17) is 4.74 Å². The van der Waals surface area contributed by atoms with Crippen molar-refractivity contribution in [1.82, 2.24) is 15.5 Å². The van der Waals surface area contributed by atoms with Gasteiger partial charge in [0.05, 0.1) is 7.11 Å². The number of ether oxygens (including phenoxy) is 1. The van der Waals surface area contributed by atoms with Crippen molar-refractivity contribution in [2.75, 3.05) is 33.3 Å². The van der Waals surface area contributed by atoms with Gasteiger partial charge in [-0.05, 0) is 80.7 Å². The predicted molar refractivity (Wildman–Crippen MR) is 125 cm³/mol. The predicted octanol–water partition coefficient (Wildman–Crippen LogP) is 3.91. The summed E-state index contributed by atoms with van der Waals surface area (Å²) in [6.07, 6.45) is 7.77. The molecule has 2 aromatic rings. The third kappa shape index (κ3) is 7.52. The molecule has 2 amide bonds. The fourth-order valence-electron chi connectivity index (χ4n) is 3.57. The van der Waals surface area contributed by atoms with Crippen molar-refractivity contribution < 1.29 is 14.3 Å². The van der Waals surface area contributed by atoms with Crippen LogP contribution in [0.5, 0.6) is 5.75 Å². The Labute approximate surface area is 188 Å². The highest BCUT2D eigenvalue weighted by Crippen LogP contribution is 2.15. The van der Waals surface area contributed by atoms with Gasteiger partial charge >= 0.3 is 0 Å². The molecule has 1 aliphatic rings. The monoisotopic (exact) mass is 441 g/mol. The number of hydrogen-bond acceptors (Lipinski definition) is 5. The van der Waals surface area contributed by atoms with Crippen molar-refractivity contribution in [2.45, 2.75) is 32.1 Å². The maximum Gasteiger partial charge on any atom is 0.267 e. The molecule has 0 aliphatic carbocycles. The van der Waals surface area contributed by atoms with E-state index in [1.54, 1.807) is 37.5 Å². The lowest BCUT2D eigenvalue weighted by Gasteiger charge is -2.19. The summed E-state index contributed by atoms with van der Waals surface area (Å²) in [7, 11) is 1.58. The van der Waals surface area contributed by atoms with Crippen LogP contribution in [-0.4, -0.2) is 50.0 Å². The molecule has 31 heavy (non-hydrogen) atoms. The lowest BCUT2D eigenvalue weighted by Crippen LogP contribution is -2.36. The Morgan fingerprint density at radius 3 is 2.48 bits per heavy atom. The van der Waals surface area contributed by atoms with Gasteiger partial charge in [-0.2, -0.15) is 0 Å². The molecule has 1 fully saturated rings. The second-order valence-corrected chi connectivity index (χ2v) is 8.60. The van der Waals surface area contributed by atoms with Crippen LogP contribution in [0.1, 0.15) is 47.3 Å². The number of carbonyl (C=O) groups is 2. The summed E-state index contributed by atoms with van der Waals surface area (Å²) in [6.45, 7) is 3.86. The Kier molecular flexibility index (Phi) is 9.12. The first kappa shape index (κ1) is 23.0. The summed E-state index contributed by atoms with van der Waals surface area (Å²) in [6, 6.07) is 10.6. The molecule has 3 rings (SSSR count). The van der Waals surface area contributed by atoms with Gasteiger partial charge in [-0.25, -0.2) is 0 Å². The third-order valence-electron chi connectivity index (χ3n) is 5.31. The molecule has 1 aromatic carbocycles. The van der Waals surface area contributed by atoms with E-state index in [1.807, 2.05) is 17.5 Å². The second-order valence-electron chi connectivity index (χ2n) is 7.62. The van der Waals surface area contributed by atoms with Gasteiger partial charge in [0, 0.05) is 17.0 Å². The van der Waals surface area contributed by atoms with Crippen LogP contribution in [-0.2, 0) is 4.79 Å². The normalized spacial score (nSPS) is 15.2. The first-order chi connectivity index (χ1) is 15.2. The first-order valence-electron chi connectivity index (χ1n) is 10.9. The molecule has 0 unspecified atom stereocenters. The quantitative estimate of drug-likeness (QED) is 0.457. The van der Waals surface area contributed by atoms with E-state index in [0.29, 0.717) is 17.9 Å². The summed E-state index contributed by atoms with van der Waals surface area (Å²) in [5.74, 6) is 0.0735. The van der Waals surface area contributed by atoms with Crippen molar-refractivity contribution in [1.29, 1.82) is 0 Å². The van der Waals surface area contributed by atoms with Crippen molar-refractivity contribution in [3.8, 4) is 5.75 Å². The van der Waals surface area contributed by atoms with Gasteiger partial charge in [0.2, 0.25) is 0 Å². The van der Waals surface area contributed by atoms with E-state index in [1.165, 1.54) is 37.0 Å². The molecule has 1 aliphatic heterocycles. The van der Waals surface area contributed by atoms with Crippen LogP contribution in [0.25, 0.3) is 6.08 Å². The minimum Gasteiger partial charge on any atom is -0.497 e. The molecule has 0 atom stereocenters. The minimum absolute atomic E-state index is 0.248. The van der Waals surface area contributed by atoms with Gasteiger partial charge in [-0.1, -0.05) is 18.9 Å². The molecular weight excluding hydrogens is 410 g/mol. The van der Waals surface area contributed by atoms with Gasteiger partial charge in [0.1, 0.15) is 11.4 Å². The van der Waals surface area contributed by atoms with Gasteiger partial charge in [0.15, 0.2) is 0 Å². The zero-order chi connectivity index (χ0) is 21.9. The number of likely N-dealkylation sites (tertiary alicyclic amines) is 1. The average molecular weight is 442 g/mol. The van der Waals surface area contributed by atoms with Gasteiger partial charge in [-0.15, -0.1) is 11.3 Å². The third-order valence-corrected chi connectivity index (χ3v) is 6.13. The van der Waals surface area contributed by atoms with E-state index in [9.17, 15) is 9.59 Å². The van der Waals surface area contributed by atoms with Crippen molar-refractivity contribution in [3.05, 3.63) is 57.9 Å². The number of nitrogens with one attached hydrogen (secondary N) is 2. The summed E-state index contributed by atoms with van der Waals surface area (Å²) in [5.41, 5.74) is 0.713. The zero-order valence-corrected chi connectivity index (χ0v) is 18.9. The molecule has 6 nitrogen and oxygen atoms in total. The number of amides is 2. The molecular formula is C24H31N3O3S. The summed E-state index contributed by atoms with van der Waals surface area (Å²) < 4.78 is 5.13. The lowest BCUT2D eigenvalue weighted by atomic mass is 10.2. The molecule has 0 bridgehead atoms. The van der Waals surface area contributed by atoms with E-state index >= 15 is 0 Å². The molecule has 0 spiro atoms. The molecule has 2 heterocycles. The van der Waals surface area contributed by atoms with Crippen LogP contribution in [0, 0.1) is 0 Å². The number of hydrogen-bond donors (Lipinski definition) is 2. The van der Waals surface area contributed by atoms with E-state index in [-0.39, 0.29) is 17.5 Å². The number of nitrogens with zero attached hydrogens (tertiary/aromatic N) is 1. The fourth-order valence-corrected chi connectivity index (χ4v) is 4.23. The van der Waals surface area contributed by atoms with Crippen LogP contribution in [0.3, 0.4) is 0 Å².